The van der Waals surface area contributed by atoms with E-state index in [2.05, 4.69) is 26.8 Å². The maximum atomic E-state index is 10.1. The fourth-order valence-electron chi connectivity index (χ4n) is 2.63. The molecule has 0 radical (unpaired) electrons. The molecule has 0 amide bonds. The molecule has 2 heterocycles. The smallest absolute Gasteiger partial charge is 0.102 e. The van der Waals surface area contributed by atoms with E-state index in [4.69, 9.17) is 4.74 Å². The second-order valence-corrected chi connectivity index (χ2v) is 4.99. The highest BCUT2D eigenvalue weighted by Crippen LogP contribution is 2.37. The summed E-state index contributed by atoms with van der Waals surface area (Å²) in [6.45, 7) is 6.48. The Balaban J connectivity index is 2.21. The van der Waals surface area contributed by atoms with E-state index in [0.29, 0.717) is 17.8 Å². The van der Waals surface area contributed by atoms with Crippen LogP contribution in [0.1, 0.15) is 27.2 Å². The SMILES string of the molecule is CC(C)[C@@H]1C[C@@H]2C=C[C@@H](O[C@@H]2C)[C@H]1O. The Labute approximate surface area is 86.0 Å². The monoisotopic (exact) mass is 196 g/mol. The van der Waals surface area contributed by atoms with Gasteiger partial charge < -0.3 is 9.84 Å². The van der Waals surface area contributed by atoms with Crippen molar-refractivity contribution in [2.24, 2.45) is 17.8 Å². The van der Waals surface area contributed by atoms with Crippen molar-refractivity contribution in [3.05, 3.63) is 12.2 Å². The van der Waals surface area contributed by atoms with Crippen molar-refractivity contribution in [2.45, 2.75) is 45.5 Å². The highest BCUT2D eigenvalue weighted by atomic mass is 16.5. The molecular formula is C12H20O2. The van der Waals surface area contributed by atoms with Gasteiger partial charge in [-0.15, -0.1) is 0 Å². The first-order valence-corrected chi connectivity index (χ1v) is 5.61. The maximum Gasteiger partial charge on any atom is 0.102 e. The Bertz CT molecular complexity index is 234. The van der Waals surface area contributed by atoms with Gasteiger partial charge in [-0.3, -0.25) is 0 Å². The number of rotatable bonds is 1. The summed E-state index contributed by atoms with van der Waals surface area (Å²) in [4.78, 5) is 0. The van der Waals surface area contributed by atoms with Crippen LogP contribution in [0.3, 0.4) is 0 Å². The highest BCUT2D eigenvalue weighted by Gasteiger charge is 2.39. The molecule has 1 fully saturated rings. The molecule has 1 aliphatic carbocycles. The predicted molar refractivity (Wildman–Crippen MR) is 55.9 cm³/mol. The topological polar surface area (TPSA) is 29.5 Å². The molecule has 0 aromatic rings. The van der Waals surface area contributed by atoms with Gasteiger partial charge in [0.15, 0.2) is 0 Å². The van der Waals surface area contributed by atoms with Crippen molar-refractivity contribution in [3.8, 4) is 0 Å². The zero-order valence-electron chi connectivity index (χ0n) is 9.18. The lowest BCUT2D eigenvalue weighted by atomic mass is 9.83. The van der Waals surface area contributed by atoms with E-state index in [1.807, 2.05) is 6.08 Å². The van der Waals surface area contributed by atoms with Gasteiger partial charge in [-0.1, -0.05) is 26.0 Å². The van der Waals surface area contributed by atoms with Crippen LogP contribution in [0.25, 0.3) is 0 Å². The third-order valence-electron chi connectivity index (χ3n) is 3.70. The number of fused-ring (bicyclic) bond motifs is 3. The minimum Gasteiger partial charge on any atom is -0.390 e. The largest absolute Gasteiger partial charge is 0.390 e. The van der Waals surface area contributed by atoms with Gasteiger partial charge in [-0.2, -0.15) is 0 Å². The molecule has 2 aliphatic heterocycles. The molecule has 0 aromatic heterocycles. The predicted octanol–water partition coefficient (Wildman–Crippen LogP) is 1.98. The quantitative estimate of drug-likeness (QED) is 0.650. The molecule has 3 rings (SSSR count). The molecule has 1 saturated heterocycles. The number of ether oxygens (including phenoxy) is 1. The van der Waals surface area contributed by atoms with E-state index < -0.39 is 0 Å². The summed E-state index contributed by atoms with van der Waals surface area (Å²) in [5.74, 6) is 1.41. The van der Waals surface area contributed by atoms with E-state index in [-0.39, 0.29) is 18.3 Å². The maximum absolute atomic E-state index is 10.1. The van der Waals surface area contributed by atoms with Crippen LogP contribution in [-0.4, -0.2) is 23.4 Å². The zero-order chi connectivity index (χ0) is 10.3. The minimum absolute atomic E-state index is 0.0730. The molecule has 0 spiro atoms. The van der Waals surface area contributed by atoms with Crippen LogP contribution < -0.4 is 0 Å². The van der Waals surface area contributed by atoms with Gasteiger partial charge in [0.05, 0.1) is 12.2 Å². The Morgan fingerprint density at radius 3 is 2.64 bits per heavy atom. The lowest BCUT2D eigenvalue weighted by molar-refractivity contribution is -0.0609. The van der Waals surface area contributed by atoms with Crippen molar-refractivity contribution < 1.29 is 9.84 Å². The summed E-state index contributed by atoms with van der Waals surface area (Å²) in [7, 11) is 0. The van der Waals surface area contributed by atoms with Crippen LogP contribution in [0.15, 0.2) is 12.2 Å². The van der Waals surface area contributed by atoms with Crippen LogP contribution in [0.5, 0.6) is 0 Å². The van der Waals surface area contributed by atoms with E-state index in [9.17, 15) is 5.11 Å². The summed E-state index contributed by atoms with van der Waals surface area (Å²) in [5, 5.41) is 10.1. The number of hydrogen-bond donors (Lipinski definition) is 1. The molecule has 3 aliphatic rings. The first kappa shape index (κ1) is 10.2. The van der Waals surface area contributed by atoms with E-state index in [1.165, 1.54) is 0 Å². The van der Waals surface area contributed by atoms with Crippen LogP contribution in [0.4, 0.5) is 0 Å². The van der Waals surface area contributed by atoms with Gasteiger partial charge in [0.1, 0.15) is 6.10 Å². The van der Waals surface area contributed by atoms with Gasteiger partial charge >= 0.3 is 0 Å². The molecule has 1 N–H and O–H groups in total. The second kappa shape index (κ2) is 3.67. The first-order valence-electron chi connectivity index (χ1n) is 5.61. The van der Waals surface area contributed by atoms with Gasteiger partial charge in [0, 0.05) is 5.92 Å². The van der Waals surface area contributed by atoms with E-state index >= 15 is 0 Å². The van der Waals surface area contributed by atoms with Crippen LogP contribution in [-0.2, 0) is 4.74 Å². The Morgan fingerprint density at radius 2 is 2.07 bits per heavy atom. The van der Waals surface area contributed by atoms with Crippen LogP contribution in [0.2, 0.25) is 0 Å². The molecule has 5 atom stereocenters. The van der Waals surface area contributed by atoms with E-state index in [0.717, 1.165) is 6.42 Å². The molecule has 0 saturated carbocycles. The van der Waals surface area contributed by atoms with Gasteiger partial charge in [-0.25, -0.2) is 0 Å². The molecule has 14 heavy (non-hydrogen) atoms. The zero-order valence-corrected chi connectivity index (χ0v) is 9.18. The first-order chi connectivity index (χ1) is 6.59. The van der Waals surface area contributed by atoms with Crippen LogP contribution >= 0.6 is 0 Å². The van der Waals surface area contributed by atoms with Gasteiger partial charge in [-0.05, 0) is 25.2 Å². The van der Waals surface area contributed by atoms with E-state index in [1.54, 1.807) is 0 Å². The van der Waals surface area contributed by atoms with Crippen molar-refractivity contribution in [2.75, 3.05) is 0 Å². The summed E-state index contributed by atoms with van der Waals surface area (Å²) in [6.07, 6.45) is 5.20. The second-order valence-electron chi connectivity index (χ2n) is 4.99. The number of aliphatic hydroxyl groups is 1. The number of hydrogen-bond acceptors (Lipinski definition) is 2. The molecule has 80 valence electrons. The molecule has 0 unspecified atom stereocenters. The standard InChI is InChI=1S/C12H20O2/c1-7(2)10-6-9-4-5-11(12(10)13)14-8(9)3/h4-5,7-13H,6H2,1-3H3/t8-,9+,10+,11-,12+/m1/s1. The van der Waals surface area contributed by atoms with Gasteiger partial charge in [0.2, 0.25) is 0 Å². The Morgan fingerprint density at radius 1 is 1.36 bits per heavy atom. The fourth-order valence-corrected chi connectivity index (χ4v) is 2.63. The van der Waals surface area contributed by atoms with Crippen molar-refractivity contribution in [1.82, 2.24) is 0 Å². The summed E-state index contributed by atoms with van der Waals surface area (Å²) < 4.78 is 5.77. The summed E-state index contributed by atoms with van der Waals surface area (Å²) in [6, 6.07) is 0. The number of aliphatic hydroxyl groups excluding tert-OH is 1. The molecular weight excluding hydrogens is 176 g/mol. The third-order valence-corrected chi connectivity index (χ3v) is 3.70. The lowest BCUT2D eigenvalue weighted by Crippen LogP contribution is -2.35. The van der Waals surface area contributed by atoms with Crippen molar-refractivity contribution >= 4 is 0 Å². The molecule has 2 heteroatoms. The summed E-state index contributed by atoms with van der Waals surface area (Å²) >= 11 is 0. The highest BCUT2D eigenvalue weighted by molar-refractivity contribution is 5.08. The average molecular weight is 196 g/mol. The lowest BCUT2D eigenvalue weighted by Gasteiger charge is -2.27. The fraction of sp³-hybridized carbons (Fsp3) is 0.833. The summed E-state index contributed by atoms with van der Waals surface area (Å²) in [5.41, 5.74) is 0. The normalized spacial score (nSPS) is 47.1. The molecule has 0 aromatic carbocycles. The van der Waals surface area contributed by atoms with Crippen molar-refractivity contribution in [3.63, 3.8) is 0 Å². The Hall–Kier alpha value is -0.340. The van der Waals surface area contributed by atoms with Gasteiger partial charge in [0.25, 0.3) is 0 Å². The molecule has 2 bridgehead atoms. The Kier molecular flexibility index (Phi) is 2.67. The minimum atomic E-state index is -0.318. The average Bonchev–Trinajstić information content (AvgIpc) is 2.34. The molecule has 2 nitrogen and oxygen atoms in total. The third kappa shape index (κ3) is 1.61. The van der Waals surface area contributed by atoms with Crippen molar-refractivity contribution in [1.29, 1.82) is 0 Å². The van der Waals surface area contributed by atoms with Crippen LogP contribution in [0, 0.1) is 17.8 Å².